The van der Waals surface area contributed by atoms with Crippen LogP contribution in [-0.2, 0) is 0 Å². The van der Waals surface area contributed by atoms with E-state index in [4.69, 9.17) is 0 Å². The van der Waals surface area contributed by atoms with Gasteiger partial charge in [0, 0.05) is 11.5 Å². The Morgan fingerprint density at radius 1 is 1.53 bits per heavy atom. The van der Waals surface area contributed by atoms with Crippen molar-refractivity contribution < 1.29 is 4.79 Å². The third-order valence-electron chi connectivity index (χ3n) is 4.17. The molecule has 1 aliphatic rings. The number of hydrogen-bond acceptors (Lipinski definition) is 3. The van der Waals surface area contributed by atoms with E-state index in [1.165, 1.54) is 0 Å². The molecule has 0 aromatic carbocycles. The smallest absolute Gasteiger partial charge is 0.188 e. The first kappa shape index (κ1) is 14.7. The maximum atomic E-state index is 13.0. The Hall–Kier alpha value is -0.680. The molecule has 4 nitrogen and oxygen atoms in total. The van der Waals surface area contributed by atoms with Crippen molar-refractivity contribution in [2.75, 3.05) is 13.1 Å². The van der Waals surface area contributed by atoms with Crippen LogP contribution in [0.25, 0.3) is 0 Å². The molecule has 0 radical (unpaired) electrons. The average molecular weight is 328 g/mol. The molecule has 0 amide bonds. The van der Waals surface area contributed by atoms with Gasteiger partial charge in [-0.1, -0.05) is 6.92 Å². The number of hydrogen-bond donors (Lipinski definition) is 1. The van der Waals surface area contributed by atoms with E-state index >= 15 is 0 Å². The van der Waals surface area contributed by atoms with Gasteiger partial charge in [-0.15, -0.1) is 0 Å². The molecule has 0 aliphatic carbocycles. The molecule has 19 heavy (non-hydrogen) atoms. The second kappa shape index (κ2) is 5.75. The highest BCUT2D eigenvalue weighted by atomic mass is 79.9. The fourth-order valence-corrected chi connectivity index (χ4v) is 3.30. The lowest BCUT2D eigenvalue weighted by atomic mass is 9.72. The maximum absolute atomic E-state index is 13.0. The Labute approximate surface area is 123 Å². The lowest BCUT2D eigenvalue weighted by molar-refractivity contribution is 0.0702. The van der Waals surface area contributed by atoms with Gasteiger partial charge in [0.2, 0.25) is 0 Å². The molecule has 0 atom stereocenters. The van der Waals surface area contributed by atoms with E-state index in [1.54, 1.807) is 6.20 Å². The summed E-state index contributed by atoms with van der Waals surface area (Å²) in [6.45, 7) is 8.07. The summed E-state index contributed by atoms with van der Waals surface area (Å²) in [6, 6.07) is 0.195. The molecule has 2 rings (SSSR count). The summed E-state index contributed by atoms with van der Waals surface area (Å²) < 4.78 is 2.66. The number of aromatic nitrogens is 2. The van der Waals surface area contributed by atoms with Crippen LogP contribution >= 0.6 is 15.9 Å². The fraction of sp³-hybridized carbons (Fsp3) is 0.714. The molecule has 0 spiro atoms. The number of ketones is 1. The molecule has 2 heterocycles. The van der Waals surface area contributed by atoms with Gasteiger partial charge < -0.3 is 5.32 Å². The summed E-state index contributed by atoms with van der Waals surface area (Å²) in [6.07, 6.45) is 4.46. The number of piperidine rings is 1. The van der Waals surface area contributed by atoms with Gasteiger partial charge in [-0.05, 0) is 62.1 Å². The minimum absolute atomic E-state index is 0.195. The SMILES string of the molecule is CCC1(C(=O)c2c(Br)cnn2C(C)C)CCNCC1. The minimum atomic E-state index is -0.222. The normalized spacial score (nSPS) is 18.8. The van der Waals surface area contributed by atoms with E-state index in [9.17, 15) is 4.79 Å². The molecule has 1 fully saturated rings. The van der Waals surface area contributed by atoms with Crippen molar-refractivity contribution in [1.29, 1.82) is 0 Å². The number of carbonyl (C=O) groups is 1. The van der Waals surface area contributed by atoms with E-state index < -0.39 is 0 Å². The molecule has 1 aliphatic heterocycles. The molecule has 0 unspecified atom stereocenters. The monoisotopic (exact) mass is 327 g/mol. The van der Waals surface area contributed by atoms with Gasteiger partial charge in [0.25, 0.3) is 0 Å². The van der Waals surface area contributed by atoms with Crippen molar-refractivity contribution >= 4 is 21.7 Å². The molecule has 0 bridgehead atoms. The summed E-state index contributed by atoms with van der Waals surface area (Å²) in [7, 11) is 0. The highest BCUT2D eigenvalue weighted by Gasteiger charge is 2.40. The van der Waals surface area contributed by atoms with Gasteiger partial charge in [-0.2, -0.15) is 5.10 Å². The van der Waals surface area contributed by atoms with Gasteiger partial charge in [-0.25, -0.2) is 0 Å². The van der Waals surface area contributed by atoms with Crippen molar-refractivity contribution in [3.05, 3.63) is 16.4 Å². The summed E-state index contributed by atoms with van der Waals surface area (Å²) in [4.78, 5) is 13.0. The predicted octanol–water partition coefficient (Wildman–Crippen LogP) is 3.19. The van der Waals surface area contributed by atoms with Crippen molar-refractivity contribution in [3.8, 4) is 0 Å². The zero-order valence-electron chi connectivity index (χ0n) is 11.9. The van der Waals surface area contributed by atoms with Gasteiger partial charge in [-0.3, -0.25) is 9.48 Å². The van der Waals surface area contributed by atoms with Gasteiger partial charge in [0.15, 0.2) is 5.78 Å². The van der Waals surface area contributed by atoms with Crippen LogP contribution in [0.3, 0.4) is 0 Å². The van der Waals surface area contributed by atoms with Crippen LogP contribution in [0.15, 0.2) is 10.7 Å². The number of nitrogens with one attached hydrogen (secondary N) is 1. The van der Waals surface area contributed by atoms with E-state index in [-0.39, 0.29) is 17.2 Å². The molecular weight excluding hydrogens is 306 g/mol. The fourth-order valence-electron chi connectivity index (χ4n) is 2.84. The van der Waals surface area contributed by atoms with Crippen LogP contribution in [0, 0.1) is 5.41 Å². The molecular formula is C14H22BrN3O. The second-order valence-electron chi connectivity index (χ2n) is 5.59. The number of halogens is 1. The zero-order valence-corrected chi connectivity index (χ0v) is 13.5. The molecule has 1 N–H and O–H groups in total. The van der Waals surface area contributed by atoms with Crippen LogP contribution in [0.1, 0.15) is 56.6 Å². The minimum Gasteiger partial charge on any atom is -0.317 e. The zero-order chi connectivity index (χ0) is 14.0. The Morgan fingerprint density at radius 2 is 2.16 bits per heavy atom. The summed E-state index contributed by atoms with van der Waals surface area (Å²) >= 11 is 3.49. The topological polar surface area (TPSA) is 46.9 Å². The van der Waals surface area contributed by atoms with Crippen LogP contribution < -0.4 is 5.32 Å². The summed E-state index contributed by atoms with van der Waals surface area (Å²) in [5.74, 6) is 0.245. The Morgan fingerprint density at radius 3 is 2.68 bits per heavy atom. The number of carbonyl (C=O) groups excluding carboxylic acids is 1. The molecule has 0 saturated carbocycles. The van der Waals surface area contributed by atoms with Crippen LogP contribution in [-0.4, -0.2) is 28.7 Å². The molecule has 1 saturated heterocycles. The van der Waals surface area contributed by atoms with Crippen molar-refractivity contribution in [3.63, 3.8) is 0 Å². The van der Waals surface area contributed by atoms with Gasteiger partial charge in [0.1, 0.15) is 5.69 Å². The first-order valence-corrected chi connectivity index (χ1v) is 7.79. The van der Waals surface area contributed by atoms with E-state index in [0.717, 1.165) is 42.5 Å². The number of rotatable bonds is 4. The Kier molecular flexibility index (Phi) is 4.46. The van der Waals surface area contributed by atoms with Crippen LogP contribution in [0.5, 0.6) is 0 Å². The van der Waals surface area contributed by atoms with Crippen molar-refractivity contribution in [2.24, 2.45) is 5.41 Å². The predicted molar refractivity (Wildman–Crippen MR) is 79.5 cm³/mol. The van der Waals surface area contributed by atoms with Crippen molar-refractivity contribution in [1.82, 2.24) is 15.1 Å². The van der Waals surface area contributed by atoms with Crippen LogP contribution in [0.4, 0.5) is 0 Å². The first-order valence-electron chi connectivity index (χ1n) is 7.00. The second-order valence-corrected chi connectivity index (χ2v) is 6.45. The molecule has 106 valence electrons. The molecule has 5 heteroatoms. The quantitative estimate of drug-likeness (QED) is 0.864. The van der Waals surface area contributed by atoms with Crippen molar-refractivity contribution in [2.45, 2.75) is 46.1 Å². The average Bonchev–Trinajstić information content (AvgIpc) is 2.80. The summed E-state index contributed by atoms with van der Waals surface area (Å²) in [5, 5.41) is 7.67. The number of nitrogens with zero attached hydrogens (tertiary/aromatic N) is 2. The van der Waals surface area contributed by atoms with E-state index in [0.29, 0.717) is 0 Å². The van der Waals surface area contributed by atoms with E-state index in [1.807, 2.05) is 4.68 Å². The molecule has 1 aromatic heterocycles. The van der Waals surface area contributed by atoms with Crippen LogP contribution in [0.2, 0.25) is 0 Å². The first-order chi connectivity index (χ1) is 9.02. The summed E-state index contributed by atoms with van der Waals surface area (Å²) in [5.41, 5.74) is 0.513. The van der Waals surface area contributed by atoms with Gasteiger partial charge in [0.05, 0.1) is 10.7 Å². The number of Topliss-reactive ketones (excluding diaryl/α,β-unsaturated/α-hetero) is 1. The third-order valence-corrected chi connectivity index (χ3v) is 4.75. The van der Waals surface area contributed by atoms with Gasteiger partial charge >= 0.3 is 0 Å². The molecule has 1 aromatic rings. The lowest BCUT2D eigenvalue weighted by Gasteiger charge is -2.35. The standard InChI is InChI=1S/C14H22BrN3O/c1-4-14(5-7-16-8-6-14)13(19)12-11(15)9-17-18(12)10(2)3/h9-10,16H,4-8H2,1-3H3. The Bertz CT molecular complexity index is 461. The maximum Gasteiger partial charge on any atom is 0.188 e. The lowest BCUT2D eigenvalue weighted by Crippen LogP contribution is -2.42. The largest absolute Gasteiger partial charge is 0.317 e. The third kappa shape index (κ3) is 2.63. The van der Waals surface area contributed by atoms with E-state index in [2.05, 4.69) is 47.1 Å². The highest BCUT2D eigenvalue weighted by Crippen LogP contribution is 2.38. The highest BCUT2D eigenvalue weighted by molar-refractivity contribution is 9.10. The Balaban J connectivity index is 2.40.